The Morgan fingerprint density at radius 3 is 2.11 bits per heavy atom. The average molecular weight is 521 g/mol. The van der Waals surface area contributed by atoms with E-state index in [1.54, 1.807) is 68.0 Å². The third kappa shape index (κ3) is 8.37. The fourth-order valence-electron chi connectivity index (χ4n) is 3.04. The van der Waals surface area contributed by atoms with Gasteiger partial charge in [0.25, 0.3) is 5.91 Å². The number of carbonyl (C=O) groups excluding carboxylic acids is 2. The first-order chi connectivity index (χ1) is 17.2. The summed E-state index contributed by atoms with van der Waals surface area (Å²) in [6.45, 7) is 5.66. The van der Waals surface area contributed by atoms with E-state index in [0.29, 0.717) is 17.0 Å². The number of aromatic nitrogens is 1. The molecule has 0 aliphatic heterocycles. The summed E-state index contributed by atoms with van der Waals surface area (Å²) in [6.07, 6.45) is -0.457. The lowest BCUT2D eigenvalue weighted by molar-refractivity contribution is -0.192. The Bertz CT molecular complexity index is 1180. The maximum Gasteiger partial charge on any atom is 0.490 e. The zero-order valence-corrected chi connectivity index (χ0v) is 20.4. The zero-order valence-electron chi connectivity index (χ0n) is 20.4. The molecule has 198 valence electrons. The van der Waals surface area contributed by atoms with Crippen molar-refractivity contribution in [3.63, 3.8) is 0 Å². The Morgan fingerprint density at radius 2 is 1.68 bits per heavy atom. The molecule has 0 saturated carbocycles. The number of pyridine rings is 1. The number of nitrogens with one attached hydrogen (secondary N) is 1. The number of alkyl halides is 3. The molecule has 2 heterocycles. The molecule has 9 nitrogen and oxygen atoms in total. The molecule has 12 heteroatoms. The van der Waals surface area contributed by atoms with Gasteiger partial charge in [0, 0.05) is 29.2 Å². The van der Waals surface area contributed by atoms with Crippen molar-refractivity contribution in [1.82, 2.24) is 10.3 Å². The molecule has 0 spiro atoms. The van der Waals surface area contributed by atoms with Crippen LogP contribution in [0.3, 0.4) is 0 Å². The molecule has 37 heavy (non-hydrogen) atoms. The van der Waals surface area contributed by atoms with Gasteiger partial charge in [0.05, 0.1) is 13.4 Å². The van der Waals surface area contributed by atoms with Gasteiger partial charge in [-0.3, -0.25) is 19.5 Å². The third-order valence-electron chi connectivity index (χ3n) is 4.55. The second-order valence-electron chi connectivity index (χ2n) is 8.58. The molecule has 3 aromatic rings. The van der Waals surface area contributed by atoms with Gasteiger partial charge in [-0.1, -0.05) is 6.07 Å². The molecular formula is C25H26F3N3O6. The summed E-state index contributed by atoms with van der Waals surface area (Å²) >= 11 is 0. The van der Waals surface area contributed by atoms with Crippen LogP contribution in [0.1, 0.15) is 42.9 Å². The minimum Gasteiger partial charge on any atom is -0.497 e. The van der Waals surface area contributed by atoms with Gasteiger partial charge in [0.1, 0.15) is 11.8 Å². The van der Waals surface area contributed by atoms with Gasteiger partial charge < -0.3 is 19.6 Å². The highest BCUT2D eigenvalue weighted by atomic mass is 19.4. The highest BCUT2D eigenvalue weighted by Gasteiger charge is 2.38. The molecule has 2 amide bonds. The number of amides is 2. The number of benzene rings is 1. The molecule has 1 atom stereocenters. The summed E-state index contributed by atoms with van der Waals surface area (Å²) < 4.78 is 42.3. The van der Waals surface area contributed by atoms with Crippen molar-refractivity contribution in [3.8, 4) is 5.75 Å². The molecule has 1 unspecified atom stereocenters. The Balaban J connectivity index is 0.000000604. The standard InChI is InChI=1S/C23H25N3O4.C2HF3O2/c1-23(2,3)25-21(27)20(16-7-5-13-24-15-16)26(22(28)19-8-6-14-30-19)17-9-11-18(29-4)12-10-17;3-2(4,5)1(6)7/h5-15,20H,1-4H3,(H,25,27);(H,6,7). The van der Waals surface area contributed by atoms with E-state index in [1.165, 1.54) is 11.2 Å². The van der Waals surface area contributed by atoms with Crippen LogP contribution in [0, 0.1) is 0 Å². The van der Waals surface area contributed by atoms with Crippen LogP contribution in [-0.4, -0.2) is 46.7 Å². The fraction of sp³-hybridized carbons (Fsp3) is 0.280. The number of carboxylic acid groups (broad SMARTS) is 1. The van der Waals surface area contributed by atoms with Gasteiger partial charge in [0.15, 0.2) is 5.76 Å². The lowest BCUT2D eigenvalue weighted by Crippen LogP contribution is -2.49. The second kappa shape index (κ2) is 12.1. The highest BCUT2D eigenvalue weighted by molar-refractivity contribution is 6.08. The number of aliphatic carboxylic acids is 1. The molecule has 2 N–H and O–H groups in total. The molecule has 0 bridgehead atoms. The van der Waals surface area contributed by atoms with E-state index in [2.05, 4.69) is 10.3 Å². The van der Waals surface area contributed by atoms with Crippen LogP contribution in [0.4, 0.5) is 18.9 Å². The SMILES string of the molecule is COc1ccc(N(C(=O)c2ccco2)C(C(=O)NC(C)(C)C)c2cccnc2)cc1.O=C(O)C(F)(F)F. The number of methoxy groups -OCH3 is 1. The van der Waals surface area contributed by atoms with Gasteiger partial charge in [-0.25, -0.2) is 4.79 Å². The number of anilines is 1. The van der Waals surface area contributed by atoms with Gasteiger partial charge in [-0.05, 0) is 63.2 Å². The van der Waals surface area contributed by atoms with Crippen LogP contribution in [0.15, 0.2) is 71.6 Å². The van der Waals surface area contributed by atoms with Gasteiger partial charge in [-0.15, -0.1) is 0 Å². The van der Waals surface area contributed by atoms with E-state index >= 15 is 0 Å². The number of ether oxygens (including phenoxy) is 1. The molecule has 0 saturated heterocycles. The normalized spacial score (nSPS) is 12.0. The summed E-state index contributed by atoms with van der Waals surface area (Å²) in [6, 6.07) is 12.7. The average Bonchev–Trinajstić information content (AvgIpc) is 3.36. The topological polar surface area (TPSA) is 122 Å². The smallest absolute Gasteiger partial charge is 0.490 e. The van der Waals surface area contributed by atoms with E-state index in [9.17, 15) is 22.8 Å². The Kier molecular flexibility index (Phi) is 9.42. The van der Waals surface area contributed by atoms with E-state index in [4.69, 9.17) is 19.1 Å². The van der Waals surface area contributed by atoms with Crippen molar-refractivity contribution < 1.29 is 41.8 Å². The van der Waals surface area contributed by atoms with Crippen molar-refractivity contribution in [2.45, 2.75) is 38.5 Å². The van der Waals surface area contributed by atoms with Crippen LogP contribution in [-0.2, 0) is 9.59 Å². The summed E-state index contributed by atoms with van der Waals surface area (Å²) in [5.74, 6) is -2.76. The van der Waals surface area contributed by atoms with E-state index in [1.807, 2.05) is 20.8 Å². The number of furan rings is 1. The predicted molar refractivity (Wildman–Crippen MR) is 127 cm³/mol. The van der Waals surface area contributed by atoms with Gasteiger partial charge in [-0.2, -0.15) is 13.2 Å². The molecule has 0 aliphatic carbocycles. The molecule has 0 aliphatic rings. The quantitative estimate of drug-likeness (QED) is 0.485. The Hall–Kier alpha value is -4.35. The molecule has 1 aromatic carbocycles. The number of hydrogen-bond donors (Lipinski definition) is 2. The molecule has 3 rings (SSSR count). The highest BCUT2D eigenvalue weighted by Crippen LogP contribution is 2.31. The maximum absolute atomic E-state index is 13.4. The molecule has 0 fully saturated rings. The van der Waals surface area contributed by atoms with E-state index < -0.39 is 29.6 Å². The maximum atomic E-state index is 13.4. The number of hydrogen-bond acceptors (Lipinski definition) is 6. The molecule has 2 aromatic heterocycles. The van der Waals surface area contributed by atoms with Crippen molar-refractivity contribution >= 4 is 23.5 Å². The minimum absolute atomic E-state index is 0.128. The number of carbonyl (C=O) groups is 3. The Labute approximate surface area is 210 Å². The lowest BCUT2D eigenvalue weighted by atomic mass is 10.0. The van der Waals surface area contributed by atoms with Crippen molar-refractivity contribution in [1.29, 1.82) is 0 Å². The predicted octanol–water partition coefficient (Wildman–Crippen LogP) is 4.62. The van der Waals surface area contributed by atoms with Crippen molar-refractivity contribution in [2.24, 2.45) is 0 Å². The summed E-state index contributed by atoms with van der Waals surface area (Å²) in [5, 5.41) is 10.1. The Morgan fingerprint density at radius 1 is 1.05 bits per heavy atom. The summed E-state index contributed by atoms with van der Waals surface area (Å²) in [4.78, 5) is 41.3. The summed E-state index contributed by atoms with van der Waals surface area (Å²) in [5.41, 5.74) is 0.613. The third-order valence-corrected chi connectivity index (χ3v) is 4.55. The fourth-order valence-corrected chi connectivity index (χ4v) is 3.04. The number of halogens is 3. The largest absolute Gasteiger partial charge is 0.497 e. The first kappa shape index (κ1) is 28.9. The number of nitrogens with zero attached hydrogens (tertiary/aromatic N) is 2. The lowest BCUT2D eigenvalue weighted by Gasteiger charge is -2.33. The van der Waals surface area contributed by atoms with Crippen LogP contribution >= 0.6 is 0 Å². The van der Waals surface area contributed by atoms with Crippen molar-refractivity contribution in [3.05, 3.63) is 78.5 Å². The van der Waals surface area contributed by atoms with Gasteiger partial charge >= 0.3 is 12.1 Å². The zero-order chi connectivity index (χ0) is 27.8. The number of rotatable bonds is 6. The molecular weight excluding hydrogens is 495 g/mol. The van der Waals surface area contributed by atoms with Gasteiger partial charge in [0.2, 0.25) is 5.91 Å². The van der Waals surface area contributed by atoms with Crippen molar-refractivity contribution in [2.75, 3.05) is 12.0 Å². The summed E-state index contributed by atoms with van der Waals surface area (Å²) in [7, 11) is 1.57. The van der Waals surface area contributed by atoms with E-state index in [-0.39, 0.29) is 11.7 Å². The minimum atomic E-state index is -5.08. The number of carboxylic acids is 1. The van der Waals surface area contributed by atoms with Crippen LogP contribution in [0.2, 0.25) is 0 Å². The first-order valence-corrected chi connectivity index (χ1v) is 10.8. The monoisotopic (exact) mass is 521 g/mol. The van der Waals surface area contributed by atoms with Crippen LogP contribution in [0.25, 0.3) is 0 Å². The second-order valence-corrected chi connectivity index (χ2v) is 8.58. The van der Waals surface area contributed by atoms with Crippen LogP contribution in [0.5, 0.6) is 5.75 Å². The van der Waals surface area contributed by atoms with E-state index in [0.717, 1.165) is 0 Å². The van der Waals surface area contributed by atoms with Crippen LogP contribution < -0.4 is 15.0 Å². The first-order valence-electron chi connectivity index (χ1n) is 10.8. The molecule has 0 radical (unpaired) electrons.